The zero-order chi connectivity index (χ0) is 21.3. The Morgan fingerprint density at radius 1 is 1.27 bits per heavy atom. The van der Waals surface area contributed by atoms with Gasteiger partial charge in [0.15, 0.2) is 12.3 Å². The summed E-state index contributed by atoms with van der Waals surface area (Å²) in [6.07, 6.45) is 4.39. The minimum atomic E-state index is -1.13. The Kier molecular flexibility index (Phi) is 6.68. The molecule has 152 valence electrons. The Balaban J connectivity index is 1.78. The summed E-state index contributed by atoms with van der Waals surface area (Å²) in [5, 5.41) is 25.6. The number of tetrazole rings is 1. The van der Waals surface area contributed by atoms with Crippen molar-refractivity contribution in [3.8, 4) is 12.3 Å². The molecule has 2 heterocycles. The molecule has 0 saturated heterocycles. The fraction of sp³-hybridized carbons (Fsp3) is 0.200. The SMILES string of the molecule is C#CCCN(C(=O)O)c1cccc(CON=C(c2ccccc2)c2nnn(C)n2)n1. The van der Waals surface area contributed by atoms with Gasteiger partial charge in [0.05, 0.1) is 12.7 Å². The van der Waals surface area contributed by atoms with E-state index in [0.29, 0.717) is 17.2 Å². The highest BCUT2D eigenvalue weighted by molar-refractivity contribution is 6.10. The third-order valence-corrected chi connectivity index (χ3v) is 3.91. The zero-order valence-corrected chi connectivity index (χ0v) is 16.2. The number of carbonyl (C=O) groups is 1. The topological polar surface area (TPSA) is 119 Å². The number of rotatable bonds is 8. The molecule has 10 heteroatoms. The second-order valence-electron chi connectivity index (χ2n) is 6.06. The molecule has 0 atom stereocenters. The average Bonchev–Trinajstić information content (AvgIpc) is 3.18. The summed E-state index contributed by atoms with van der Waals surface area (Å²) in [5.74, 6) is 3.01. The van der Waals surface area contributed by atoms with Gasteiger partial charge >= 0.3 is 6.09 Å². The number of amides is 1. The highest BCUT2D eigenvalue weighted by atomic mass is 16.6. The maximum atomic E-state index is 11.5. The first-order chi connectivity index (χ1) is 14.6. The molecular formula is C20H19N7O3. The van der Waals surface area contributed by atoms with Crippen LogP contribution in [0.5, 0.6) is 0 Å². The Hall–Kier alpha value is -4.26. The Bertz CT molecular complexity index is 1070. The van der Waals surface area contributed by atoms with Gasteiger partial charge in [0, 0.05) is 18.5 Å². The lowest BCUT2D eigenvalue weighted by molar-refractivity contribution is 0.128. The van der Waals surface area contributed by atoms with Gasteiger partial charge in [-0.05, 0) is 17.3 Å². The molecule has 10 nitrogen and oxygen atoms in total. The number of aryl methyl sites for hydroxylation is 1. The van der Waals surface area contributed by atoms with Crippen molar-refractivity contribution in [3.05, 3.63) is 65.6 Å². The van der Waals surface area contributed by atoms with Crippen LogP contribution in [0.15, 0.2) is 53.7 Å². The van der Waals surface area contributed by atoms with E-state index in [1.54, 1.807) is 25.2 Å². The van der Waals surface area contributed by atoms with Crippen LogP contribution in [0.4, 0.5) is 10.6 Å². The van der Waals surface area contributed by atoms with Gasteiger partial charge in [0.25, 0.3) is 0 Å². The third kappa shape index (κ3) is 5.17. The van der Waals surface area contributed by atoms with Gasteiger partial charge < -0.3 is 9.94 Å². The number of oxime groups is 1. The number of hydrogen-bond acceptors (Lipinski definition) is 7. The number of benzene rings is 1. The van der Waals surface area contributed by atoms with Crippen LogP contribution in [0.1, 0.15) is 23.5 Å². The van der Waals surface area contributed by atoms with Crippen molar-refractivity contribution >= 4 is 17.6 Å². The minimum Gasteiger partial charge on any atom is -0.465 e. The van der Waals surface area contributed by atoms with Crippen molar-refractivity contribution in [1.82, 2.24) is 25.2 Å². The summed E-state index contributed by atoms with van der Waals surface area (Å²) < 4.78 is 0. The maximum Gasteiger partial charge on any atom is 0.413 e. The molecule has 0 unspecified atom stereocenters. The standard InChI is InChI=1S/C20H19N7O3/c1-3-4-13-27(20(28)29)17-12-8-11-16(21-17)14-30-24-18(15-9-6-5-7-10-15)19-22-25-26(2)23-19/h1,5-12H,4,13-14H2,2H3,(H,28,29). The van der Waals surface area contributed by atoms with Crippen molar-refractivity contribution < 1.29 is 14.7 Å². The maximum absolute atomic E-state index is 11.5. The lowest BCUT2D eigenvalue weighted by Crippen LogP contribution is -2.31. The Morgan fingerprint density at radius 3 is 2.73 bits per heavy atom. The highest BCUT2D eigenvalue weighted by Gasteiger charge is 2.16. The molecule has 0 radical (unpaired) electrons. The molecule has 0 saturated carbocycles. The lowest BCUT2D eigenvalue weighted by Gasteiger charge is -2.17. The fourth-order valence-corrected chi connectivity index (χ4v) is 2.54. The summed E-state index contributed by atoms with van der Waals surface area (Å²) in [5.41, 5.74) is 1.68. The average molecular weight is 405 g/mol. The Labute approximate surface area is 172 Å². The largest absolute Gasteiger partial charge is 0.465 e. The number of carboxylic acid groups (broad SMARTS) is 1. The van der Waals surface area contributed by atoms with Gasteiger partial charge in [-0.2, -0.15) is 4.80 Å². The summed E-state index contributed by atoms with van der Waals surface area (Å²) in [6, 6.07) is 14.3. The first-order valence-electron chi connectivity index (χ1n) is 8.98. The van der Waals surface area contributed by atoms with Crippen LogP contribution in [0.2, 0.25) is 0 Å². The first-order valence-corrected chi connectivity index (χ1v) is 8.98. The number of terminal acetylenes is 1. The lowest BCUT2D eigenvalue weighted by atomic mass is 10.1. The summed E-state index contributed by atoms with van der Waals surface area (Å²) in [6.45, 7) is 0.171. The van der Waals surface area contributed by atoms with Crippen molar-refractivity contribution in [1.29, 1.82) is 0 Å². The van der Waals surface area contributed by atoms with Crippen LogP contribution < -0.4 is 4.90 Å². The molecule has 0 aliphatic heterocycles. The molecule has 1 aromatic carbocycles. The predicted octanol–water partition coefficient (Wildman–Crippen LogP) is 2.08. The first kappa shape index (κ1) is 20.5. The van der Waals surface area contributed by atoms with E-state index >= 15 is 0 Å². The molecule has 2 aromatic heterocycles. The molecule has 3 rings (SSSR count). The number of pyridine rings is 1. The van der Waals surface area contributed by atoms with E-state index in [0.717, 1.165) is 10.5 Å². The number of hydrogen-bond donors (Lipinski definition) is 1. The summed E-state index contributed by atoms with van der Waals surface area (Å²) >= 11 is 0. The van der Waals surface area contributed by atoms with Crippen LogP contribution in [0.25, 0.3) is 0 Å². The normalized spacial score (nSPS) is 11.0. The van der Waals surface area contributed by atoms with Crippen LogP contribution >= 0.6 is 0 Å². The molecule has 0 aliphatic rings. The van der Waals surface area contributed by atoms with Gasteiger partial charge in [0.2, 0.25) is 5.82 Å². The molecule has 1 amide bonds. The van der Waals surface area contributed by atoms with Crippen LogP contribution in [0, 0.1) is 12.3 Å². The highest BCUT2D eigenvalue weighted by Crippen LogP contribution is 2.14. The molecule has 30 heavy (non-hydrogen) atoms. The molecule has 0 fully saturated rings. The van der Waals surface area contributed by atoms with E-state index in [-0.39, 0.29) is 25.4 Å². The van der Waals surface area contributed by atoms with Crippen molar-refractivity contribution in [3.63, 3.8) is 0 Å². The minimum absolute atomic E-state index is 0.0209. The number of nitrogens with zero attached hydrogens (tertiary/aromatic N) is 7. The summed E-state index contributed by atoms with van der Waals surface area (Å²) in [7, 11) is 1.66. The van der Waals surface area contributed by atoms with Crippen LogP contribution in [0.3, 0.4) is 0 Å². The second-order valence-corrected chi connectivity index (χ2v) is 6.06. The van der Waals surface area contributed by atoms with E-state index in [4.69, 9.17) is 11.3 Å². The zero-order valence-electron chi connectivity index (χ0n) is 16.2. The third-order valence-electron chi connectivity index (χ3n) is 3.91. The number of aromatic nitrogens is 5. The van der Waals surface area contributed by atoms with Crippen LogP contribution in [-0.2, 0) is 18.5 Å². The van der Waals surface area contributed by atoms with E-state index in [2.05, 4.69) is 31.5 Å². The molecular weight excluding hydrogens is 386 g/mol. The van der Waals surface area contributed by atoms with E-state index in [1.165, 1.54) is 4.80 Å². The quantitative estimate of drug-likeness (QED) is 0.346. The van der Waals surface area contributed by atoms with Crippen LogP contribution in [-0.4, -0.2) is 48.6 Å². The van der Waals surface area contributed by atoms with Crippen molar-refractivity contribution in [2.75, 3.05) is 11.4 Å². The smallest absolute Gasteiger partial charge is 0.413 e. The van der Waals surface area contributed by atoms with Gasteiger partial charge in [-0.3, -0.25) is 4.90 Å². The van der Waals surface area contributed by atoms with E-state index < -0.39 is 6.09 Å². The molecule has 0 aliphatic carbocycles. The monoisotopic (exact) mass is 405 g/mol. The second kappa shape index (κ2) is 9.79. The van der Waals surface area contributed by atoms with Gasteiger partial charge in [0.1, 0.15) is 5.82 Å². The van der Waals surface area contributed by atoms with E-state index in [9.17, 15) is 9.90 Å². The van der Waals surface area contributed by atoms with Crippen molar-refractivity contribution in [2.24, 2.45) is 12.2 Å². The Morgan fingerprint density at radius 2 is 2.07 bits per heavy atom. The molecule has 1 N–H and O–H groups in total. The fourth-order valence-electron chi connectivity index (χ4n) is 2.54. The molecule has 0 spiro atoms. The molecule has 3 aromatic rings. The summed E-state index contributed by atoms with van der Waals surface area (Å²) in [4.78, 5) is 23.7. The van der Waals surface area contributed by atoms with E-state index in [1.807, 2.05) is 30.3 Å². The molecule has 0 bridgehead atoms. The van der Waals surface area contributed by atoms with Gasteiger partial charge in [-0.15, -0.1) is 22.5 Å². The van der Waals surface area contributed by atoms with Crippen molar-refractivity contribution in [2.45, 2.75) is 13.0 Å². The van der Waals surface area contributed by atoms with Gasteiger partial charge in [-0.1, -0.05) is 41.6 Å². The number of anilines is 1. The predicted molar refractivity (Wildman–Crippen MR) is 109 cm³/mol. The van der Waals surface area contributed by atoms with Gasteiger partial charge in [-0.25, -0.2) is 9.78 Å².